The Morgan fingerprint density at radius 3 is 2.83 bits per heavy atom. The van der Waals surface area contributed by atoms with Gasteiger partial charge in [-0.15, -0.1) is 0 Å². The number of amides is 2. The summed E-state index contributed by atoms with van der Waals surface area (Å²) >= 11 is 0. The van der Waals surface area contributed by atoms with Crippen LogP contribution in [0.15, 0.2) is 24.3 Å². The first-order valence-corrected chi connectivity index (χ1v) is 10.7. The fraction of sp³-hybridized carbons (Fsp3) is 0.500. The molecule has 8 nitrogen and oxygen atoms in total. The number of carbonyl (C=O) groups excluding carboxylic acids is 2. The molecule has 1 saturated heterocycles. The summed E-state index contributed by atoms with van der Waals surface area (Å²) < 4.78 is 5.23. The third-order valence-electron chi connectivity index (χ3n) is 5.91. The van der Waals surface area contributed by atoms with Gasteiger partial charge in [0.2, 0.25) is 0 Å². The number of fused-ring (bicyclic) bond motifs is 1. The van der Waals surface area contributed by atoms with Crippen molar-refractivity contribution in [3.63, 3.8) is 0 Å². The van der Waals surface area contributed by atoms with Crippen LogP contribution >= 0.6 is 0 Å². The van der Waals surface area contributed by atoms with Gasteiger partial charge in [0.1, 0.15) is 5.75 Å². The molecule has 0 atom stereocenters. The minimum absolute atomic E-state index is 0.0720. The maximum atomic E-state index is 13.0. The lowest BCUT2D eigenvalue weighted by molar-refractivity contribution is 0.0731. The standard InChI is InChI=1S/C22H29N5O3/c1-30-17-7-5-6-16(14-17)22(29)27-12-8-19-18(15-27)20(25-24-19)21(28)23-9-13-26-10-3-2-4-11-26/h5-7,14H,2-4,8-13,15H2,1H3,(H,23,28)(H,24,25). The molecule has 1 fully saturated rings. The van der Waals surface area contributed by atoms with E-state index < -0.39 is 0 Å². The first-order valence-electron chi connectivity index (χ1n) is 10.7. The van der Waals surface area contributed by atoms with Crippen LogP contribution in [-0.2, 0) is 13.0 Å². The van der Waals surface area contributed by atoms with Crippen LogP contribution in [0.5, 0.6) is 5.75 Å². The van der Waals surface area contributed by atoms with E-state index >= 15 is 0 Å². The third kappa shape index (κ3) is 4.48. The van der Waals surface area contributed by atoms with Gasteiger partial charge in [0.25, 0.3) is 11.8 Å². The summed E-state index contributed by atoms with van der Waals surface area (Å²) in [4.78, 5) is 29.8. The Hall–Kier alpha value is -2.87. The molecule has 30 heavy (non-hydrogen) atoms. The van der Waals surface area contributed by atoms with Gasteiger partial charge in [-0.25, -0.2) is 0 Å². The monoisotopic (exact) mass is 411 g/mol. The molecule has 0 radical (unpaired) electrons. The molecule has 0 aliphatic carbocycles. The Balaban J connectivity index is 1.39. The molecule has 2 amide bonds. The van der Waals surface area contributed by atoms with E-state index in [0.29, 0.717) is 43.1 Å². The van der Waals surface area contributed by atoms with Crippen molar-refractivity contribution in [1.29, 1.82) is 0 Å². The number of hydrogen-bond acceptors (Lipinski definition) is 5. The second-order valence-electron chi connectivity index (χ2n) is 7.90. The molecular weight excluding hydrogens is 382 g/mol. The van der Waals surface area contributed by atoms with E-state index in [0.717, 1.165) is 30.9 Å². The molecule has 3 heterocycles. The number of ether oxygens (including phenoxy) is 1. The summed E-state index contributed by atoms with van der Waals surface area (Å²) in [7, 11) is 1.58. The lowest BCUT2D eigenvalue weighted by atomic mass is 10.0. The molecular formula is C22H29N5O3. The maximum absolute atomic E-state index is 13.0. The quantitative estimate of drug-likeness (QED) is 0.757. The molecule has 0 unspecified atom stereocenters. The normalized spacial score (nSPS) is 16.8. The van der Waals surface area contributed by atoms with Crippen molar-refractivity contribution >= 4 is 11.8 Å². The number of benzene rings is 1. The van der Waals surface area contributed by atoms with Crippen LogP contribution in [0, 0.1) is 0 Å². The Kier molecular flexibility index (Phi) is 6.32. The summed E-state index contributed by atoms with van der Waals surface area (Å²) in [6.45, 7) is 4.63. The number of rotatable bonds is 6. The van der Waals surface area contributed by atoms with E-state index in [9.17, 15) is 9.59 Å². The van der Waals surface area contributed by atoms with Gasteiger partial charge in [0.05, 0.1) is 13.7 Å². The molecule has 0 spiro atoms. The average Bonchev–Trinajstić information content (AvgIpc) is 3.22. The highest BCUT2D eigenvalue weighted by Gasteiger charge is 2.28. The maximum Gasteiger partial charge on any atom is 0.272 e. The van der Waals surface area contributed by atoms with E-state index in [-0.39, 0.29) is 11.8 Å². The SMILES string of the molecule is COc1cccc(C(=O)N2CCc3[nH]nc(C(=O)NCCN4CCCCC4)c3C2)c1. The number of aromatic nitrogens is 2. The van der Waals surface area contributed by atoms with Crippen LogP contribution in [0.25, 0.3) is 0 Å². The minimum Gasteiger partial charge on any atom is -0.497 e. The van der Waals surface area contributed by atoms with E-state index in [4.69, 9.17) is 4.74 Å². The smallest absolute Gasteiger partial charge is 0.272 e. The first kappa shape index (κ1) is 20.4. The second kappa shape index (κ2) is 9.30. The van der Waals surface area contributed by atoms with Crippen LogP contribution in [-0.4, -0.2) is 71.6 Å². The molecule has 2 aromatic rings. The molecule has 0 bridgehead atoms. The predicted octanol–water partition coefficient (Wildman–Crippen LogP) is 1.83. The van der Waals surface area contributed by atoms with Gasteiger partial charge in [0.15, 0.2) is 5.69 Å². The van der Waals surface area contributed by atoms with Crippen molar-refractivity contribution in [1.82, 2.24) is 25.3 Å². The predicted molar refractivity (Wildman–Crippen MR) is 113 cm³/mol. The number of H-pyrrole nitrogens is 1. The summed E-state index contributed by atoms with van der Waals surface area (Å²) in [6.07, 6.45) is 4.42. The molecule has 2 N–H and O–H groups in total. The number of nitrogens with one attached hydrogen (secondary N) is 2. The van der Waals surface area contributed by atoms with Crippen molar-refractivity contribution < 1.29 is 14.3 Å². The highest BCUT2D eigenvalue weighted by atomic mass is 16.5. The summed E-state index contributed by atoms with van der Waals surface area (Å²) in [5.74, 6) is 0.396. The van der Waals surface area contributed by atoms with Crippen molar-refractivity contribution in [2.24, 2.45) is 0 Å². The number of piperidine rings is 1. The highest BCUT2D eigenvalue weighted by molar-refractivity contribution is 5.96. The molecule has 8 heteroatoms. The lowest BCUT2D eigenvalue weighted by Gasteiger charge is -2.27. The second-order valence-corrected chi connectivity index (χ2v) is 7.90. The van der Waals surface area contributed by atoms with Crippen LogP contribution in [0.2, 0.25) is 0 Å². The van der Waals surface area contributed by atoms with E-state index in [1.165, 1.54) is 19.3 Å². The van der Waals surface area contributed by atoms with Gasteiger partial charge in [-0.1, -0.05) is 12.5 Å². The fourth-order valence-electron chi connectivity index (χ4n) is 4.19. The van der Waals surface area contributed by atoms with Gasteiger partial charge < -0.3 is 19.9 Å². The van der Waals surface area contributed by atoms with Crippen molar-refractivity contribution in [3.05, 3.63) is 46.8 Å². The van der Waals surface area contributed by atoms with E-state index in [1.54, 1.807) is 30.2 Å². The van der Waals surface area contributed by atoms with Crippen LogP contribution in [0.4, 0.5) is 0 Å². The highest BCUT2D eigenvalue weighted by Crippen LogP contribution is 2.23. The third-order valence-corrected chi connectivity index (χ3v) is 5.91. The molecule has 0 saturated carbocycles. The topological polar surface area (TPSA) is 90.6 Å². The Morgan fingerprint density at radius 2 is 2.03 bits per heavy atom. The summed E-state index contributed by atoms with van der Waals surface area (Å²) in [5, 5.41) is 10.2. The van der Waals surface area contributed by atoms with Gasteiger partial charge in [0, 0.05) is 42.9 Å². The largest absolute Gasteiger partial charge is 0.497 e. The number of nitrogens with zero attached hydrogens (tertiary/aromatic N) is 3. The number of likely N-dealkylation sites (tertiary alicyclic amines) is 1. The van der Waals surface area contributed by atoms with Crippen LogP contribution < -0.4 is 10.1 Å². The van der Waals surface area contributed by atoms with Gasteiger partial charge >= 0.3 is 0 Å². The Labute approximate surface area is 176 Å². The number of aromatic amines is 1. The van der Waals surface area contributed by atoms with Crippen molar-refractivity contribution in [3.8, 4) is 5.75 Å². The van der Waals surface area contributed by atoms with E-state index in [1.807, 2.05) is 6.07 Å². The summed E-state index contributed by atoms with van der Waals surface area (Å²) in [5.41, 5.74) is 2.72. The molecule has 1 aromatic carbocycles. The molecule has 1 aromatic heterocycles. The first-order chi connectivity index (χ1) is 14.7. The van der Waals surface area contributed by atoms with Crippen LogP contribution in [0.3, 0.4) is 0 Å². The number of carbonyl (C=O) groups is 2. The van der Waals surface area contributed by atoms with Gasteiger partial charge in [-0.05, 0) is 44.1 Å². The Morgan fingerprint density at radius 1 is 1.20 bits per heavy atom. The zero-order valence-electron chi connectivity index (χ0n) is 17.4. The minimum atomic E-state index is -0.180. The van der Waals surface area contributed by atoms with Gasteiger partial charge in [-0.3, -0.25) is 14.7 Å². The van der Waals surface area contributed by atoms with Crippen molar-refractivity contribution in [2.45, 2.75) is 32.2 Å². The van der Waals surface area contributed by atoms with E-state index in [2.05, 4.69) is 20.4 Å². The lowest BCUT2D eigenvalue weighted by Crippen LogP contribution is -2.39. The zero-order valence-corrected chi connectivity index (χ0v) is 17.4. The molecule has 160 valence electrons. The van der Waals surface area contributed by atoms with Gasteiger partial charge in [-0.2, -0.15) is 5.10 Å². The molecule has 2 aliphatic rings. The fourth-order valence-corrected chi connectivity index (χ4v) is 4.19. The van der Waals surface area contributed by atoms with Crippen LogP contribution in [0.1, 0.15) is 51.4 Å². The number of hydrogen-bond donors (Lipinski definition) is 2. The molecule has 2 aliphatic heterocycles. The number of methoxy groups -OCH3 is 1. The summed E-state index contributed by atoms with van der Waals surface area (Å²) in [6, 6.07) is 7.14. The Bertz CT molecular complexity index is 904. The zero-order chi connectivity index (χ0) is 20.9. The molecule has 4 rings (SSSR count). The average molecular weight is 412 g/mol. The van der Waals surface area contributed by atoms with Crippen molar-refractivity contribution in [2.75, 3.05) is 39.8 Å².